The molecule has 0 aliphatic heterocycles. The topological polar surface area (TPSA) is 25.8 Å². The van der Waals surface area contributed by atoms with Gasteiger partial charge in [-0.2, -0.15) is 0 Å². The monoisotopic (exact) mass is 236 g/mol. The SMILES string of the molecule is C/C=C\C=C(/C)c1cnc(-c2ccccc2)nc1. The molecule has 0 saturated carbocycles. The third kappa shape index (κ3) is 2.92. The lowest BCUT2D eigenvalue weighted by Crippen LogP contribution is -1.90. The molecule has 0 atom stereocenters. The van der Waals surface area contributed by atoms with Crippen molar-refractivity contribution in [3.05, 3.63) is 66.5 Å². The Bertz CT molecular complexity index is 551. The Labute approximate surface area is 108 Å². The minimum absolute atomic E-state index is 0.762. The fraction of sp³-hybridized carbons (Fsp3) is 0.125. The number of hydrogen-bond donors (Lipinski definition) is 0. The summed E-state index contributed by atoms with van der Waals surface area (Å²) >= 11 is 0. The van der Waals surface area contributed by atoms with Gasteiger partial charge in [0.2, 0.25) is 0 Å². The zero-order chi connectivity index (χ0) is 12.8. The Morgan fingerprint density at radius 2 is 1.72 bits per heavy atom. The van der Waals surface area contributed by atoms with Crippen LogP contribution in [-0.4, -0.2) is 9.97 Å². The molecule has 2 heteroatoms. The Morgan fingerprint density at radius 1 is 1.06 bits per heavy atom. The van der Waals surface area contributed by atoms with E-state index < -0.39 is 0 Å². The van der Waals surface area contributed by atoms with E-state index in [1.165, 1.54) is 0 Å². The van der Waals surface area contributed by atoms with E-state index in [1.807, 2.05) is 61.8 Å². The third-order valence-electron chi connectivity index (χ3n) is 2.68. The Hall–Kier alpha value is -2.22. The molecule has 1 aromatic carbocycles. The fourth-order valence-corrected chi connectivity index (χ4v) is 1.60. The molecule has 0 spiro atoms. The molecule has 0 unspecified atom stereocenters. The van der Waals surface area contributed by atoms with Gasteiger partial charge >= 0.3 is 0 Å². The maximum absolute atomic E-state index is 4.40. The molecule has 0 radical (unpaired) electrons. The molecule has 1 aromatic heterocycles. The summed E-state index contributed by atoms with van der Waals surface area (Å²) in [5, 5.41) is 0. The van der Waals surface area contributed by atoms with E-state index in [9.17, 15) is 0 Å². The molecule has 2 rings (SSSR count). The van der Waals surface area contributed by atoms with Crippen LogP contribution in [0.5, 0.6) is 0 Å². The summed E-state index contributed by atoms with van der Waals surface area (Å²) in [5.41, 5.74) is 3.25. The second-order valence-corrected chi connectivity index (χ2v) is 4.04. The highest BCUT2D eigenvalue weighted by atomic mass is 14.9. The van der Waals surface area contributed by atoms with Crippen molar-refractivity contribution in [2.45, 2.75) is 13.8 Å². The van der Waals surface area contributed by atoms with Gasteiger partial charge in [-0.25, -0.2) is 9.97 Å². The molecule has 18 heavy (non-hydrogen) atoms. The smallest absolute Gasteiger partial charge is 0.159 e. The van der Waals surface area contributed by atoms with Crippen molar-refractivity contribution >= 4 is 5.57 Å². The van der Waals surface area contributed by atoms with E-state index in [-0.39, 0.29) is 0 Å². The normalized spacial score (nSPS) is 12.0. The van der Waals surface area contributed by atoms with Crippen LogP contribution in [0.2, 0.25) is 0 Å². The molecular formula is C16H16N2. The quantitative estimate of drug-likeness (QED) is 0.749. The van der Waals surface area contributed by atoms with E-state index in [0.29, 0.717) is 0 Å². The van der Waals surface area contributed by atoms with Gasteiger partial charge in [0.1, 0.15) is 0 Å². The van der Waals surface area contributed by atoms with Gasteiger partial charge in [-0.15, -0.1) is 0 Å². The van der Waals surface area contributed by atoms with Gasteiger partial charge < -0.3 is 0 Å². The van der Waals surface area contributed by atoms with Gasteiger partial charge in [0.15, 0.2) is 5.82 Å². The Balaban J connectivity index is 2.26. The fourth-order valence-electron chi connectivity index (χ4n) is 1.60. The molecule has 2 aromatic rings. The van der Waals surface area contributed by atoms with E-state index in [1.54, 1.807) is 0 Å². The molecule has 0 aliphatic rings. The van der Waals surface area contributed by atoms with Gasteiger partial charge in [0.05, 0.1) is 0 Å². The first kappa shape index (κ1) is 12.2. The maximum atomic E-state index is 4.40. The number of aromatic nitrogens is 2. The first-order valence-electron chi connectivity index (χ1n) is 5.98. The van der Waals surface area contributed by atoms with Crippen molar-refractivity contribution in [2.75, 3.05) is 0 Å². The lowest BCUT2D eigenvalue weighted by molar-refractivity contribution is 1.16. The van der Waals surface area contributed by atoms with Crippen molar-refractivity contribution in [1.82, 2.24) is 9.97 Å². The van der Waals surface area contributed by atoms with Gasteiger partial charge in [0.25, 0.3) is 0 Å². The molecule has 90 valence electrons. The number of benzene rings is 1. The molecule has 2 nitrogen and oxygen atoms in total. The van der Waals surface area contributed by atoms with E-state index in [2.05, 4.69) is 23.0 Å². The summed E-state index contributed by atoms with van der Waals surface area (Å²) in [6.45, 7) is 4.06. The third-order valence-corrected chi connectivity index (χ3v) is 2.68. The summed E-state index contributed by atoms with van der Waals surface area (Å²) in [4.78, 5) is 8.80. The zero-order valence-corrected chi connectivity index (χ0v) is 10.7. The predicted octanol–water partition coefficient (Wildman–Crippen LogP) is 4.12. The molecule has 1 heterocycles. The minimum Gasteiger partial charge on any atom is -0.236 e. The van der Waals surface area contributed by atoms with Crippen LogP contribution in [0.25, 0.3) is 17.0 Å². The molecule has 0 fully saturated rings. The van der Waals surface area contributed by atoms with Crippen LogP contribution >= 0.6 is 0 Å². The molecule has 0 N–H and O–H groups in total. The summed E-state index contributed by atoms with van der Waals surface area (Å²) in [6.07, 6.45) is 9.80. The summed E-state index contributed by atoms with van der Waals surface area (Å²) in [6, 6.07) is 9.99. The highest BCUT2D eigenvalue weighted by molar-refractivity contribution is 5.65. The molecule has 0 aliphatic carbocycles. The van der Waals surface area contributed by atoms with Gasteiger partial charge in [-0.05, 0) is 19.4 Å². The largest absolute Gasteiger partial charge is 0.236 e. The van der Waals surface area contributed by atoms with Crippen LogP contribution in [-0.2, 0) is 0 Å². The number of nitrogens with zero attached hydrogens (tertiary/aromatic N) is 2. The highest BCUT2D eigenvalue weighted by Gasteiger charge is 2.01. The van der Waals surface area contributed by atoms with Crippen LogP contribution in [0, 0.1) is 0 Å². The van der Waals surface area contributed by atoms with Crippen LogP contribution < -0.4 is 0 Å². The van der Waals surface area contributed by atoms with E-state index in [0.717, 1.165) is 22.5 Å². The van der Waals surface area contributed by atoms with Crippen molar-refractivity contribution in [1.29, 1.82) is 0 Å². The average molecular weight is 236 g/mol. The first-order chi connectivity index (χ1) is 8.81. The highest BCUT2D eigenvalue weighted by Crippen LogP contribution is 2.16. The molecule has 0 amide bonds. The van der Waals surface area contributed by atoms with Crippen molar-refractivity contribution in [3.63, 3.8) is 0 Å². The average Bonchev–Trinajstić information content (AvgIpc) is 2.46. The van der Waals surface area contributed by atoms with Gasteiger partial charge in [0, 0.05) is 23.5 Å². The maximum Gasteiger partial charge on any atom is 0.159 e. The summed E-state index contributed by atoms with van der Waals surface area (Å²) in [5.74, 6) is 0.762. The first-order valence-corrected chi connectivity index (χ1v) is 5.98. The van der Waals surface area contributed by atoms with Crippen molar-refractivity contribution in [3.8, 4) is 11.4 Å². The van der Waals surface area contributed by atoms with E-state index in [4.69, 9.17) is 0 Å². The summed E-state index contributed by atoms with van der Waals surface area (Å²) in [7, 11) is 0. The van der Waals surface area contributed by atoms with Gasteiger partial charge in [-0.1, -0.05) is 48.6 Å². The van der Waals surface area contributed by atoms with Crippen LogP contribution in [0.15, 0.2) is 61.0 Å². The molecular weight excluding hydrogens is 220 g/mol. The van der Waals surface area contributed by atoms with Crippen LogP contribution in [0.1, 0.15) is 19.4 Å². The second kappa shape index (κ2) is 5.92. The molecule has 0 bridgehead atoms. The lowest BCUT2D eigenvalue weighted by atomic mass is 10.1. The second-order valence-electron chi connectivity index (χ2n) is 4.04. The minimum atomic E-state index is 0.762. The van der Waals surface area contributed by atoms with Crippen LogP contribution in [0.4, 0.5) is 0 Å². The summed E-state index contributed by atoms with van der Waals surface area (Å²) < 4.78 is 0. The number of rotatable bonds is 3. The standard InChI is InChI=1S/C16H16N2/c1-3-4-8-13(2)15-11-17-16(18-12-15)14-9-6-5-7-10-14/h3-12H,1-2H3/b4-3-,13-8+. The predicted molar refractivity (Wildman–Crippen MR) is 75.9 cm³/mol. The number of allylic oxidation sites excluding steroid dienone is 4. The molecule has 0 saturated heterocycles. The van der Waals surface area contributed by atoms with Crippen molar-refractivity contribution < 1.29 is 0 Å². The van der Waals surface area contributed by atoms with Gasteiger partial charge in [-0.3, -0.25) is 0 Å². The van der Waals surface area contributed by atoms with Crippen LogP contribution in [0.3, 0.4) is 0 Å². The Morgan fingerprint density at radius 3 is 2.33 bits per heavy atom. The lowest BCUT2D eigenvalue weighted by Gasteiger charge is -2.02. The zero-order valence-electron chi connectivity index (χ0n) is 10.7. The Kier molecular flexibility index (Phi) is 4.02. The van der Waals surface area contributed by atoms with Crippen molar-refractivity contribution in [2.24, 2.45) is 0 Å². The van der Waals surface area contributed by atoms with E-state index >= 15 is 0 Å². The number of hydrogen-bond acceptors (Lipinski definition) is 2.